The summed E-state index contributed by atoms with van der Waals surface area (Å²) in [6, 6.07) is 0. The largest absolute Gasteiger partial charge is 0.444 e. The maximum absolute atomic E-state index is 10.0. The first-order valence-corrected chi connectivity index (χ1v) is 5.21. The number of aliphatic hydroxyl groups is 1. The molecule has 0 rings (SSSR count). The van der Waals surface area contributed by atoms with Crippen LogP contribution in [0.3, 0.4) is 0 Å². The number of hydrogen-bond acceptors (Lipinski definition) is 3. The summed E-state index contributed by atoms with van der Waals surface area (Å²) in [6.07, 6.45) is 0.0671. The Morgan fingerprint density at radius 2 is 1.73 bits per heavy atom. The molecule has 0 spiro atoms. The summed E-state index contributed by atoms with van der Waals surface area (Å²) in [4.78, 5) is 10.0. The van der Waals surface area contributed by atoms with Crippen LogP contribution in [0.5, 0.6) is 0 Å². The van der Waals surface area contributed by atoms with E-state index >= 15 is 0 Å². The molecule has 1 amide bonds. The van der Waals surface area contributed by atoms with Gasteiger partial charge in [-0.2, -0.15) is 0 Å². The van der Waals surface area contributed by atoms with Crippen LogP contribution in [-0.4, -0.2) is 22.9 Å². The monoisotopic (exact) mass is 219 g/mol. The quantitative estimate of drug-likeness (QED) is 0.748. The average molecular weight is 219 g/mol. The molecule has 0 fully saturated rings. The highest BCUT2D eigenvalue weighted by molar-refractivity contribution is 5.65. The molecule has 0 aromatic heterocycles. The van der Waals surface area contributed by atoms with Gasteiger partial charge in [0.05, 0.1) is 6.10 Å². The number of aliphatic hydroxyl groups excluding tert-OH is 1. The van der Waals surface area contributed by atoms with Crippen LogP contribution in [0.15, 0.2) is 0 Å². The first-order valence-electron chi connectivity index (χ1n) is 5.21. The van der Waals surface area contributed by atoms with E-state index in [-0.39, 0.29) is 6.10 Å². The van der Waals surface area contributed by atoms with Crippen molar-refractivity contribution in [2.45, 2.75) is 59.7 Å². The van der Waals surface area contributed by atoms with Crippen molar-refractivity contribution in [2.24, 2.45) is 11.7 Å². The molecule has 0 radical (unpaired) electrons. The van der Waals surface area contributed by atoms with Gasteiger partial charge >= 0.3 is 6.09 Å². The lowest BCUT2D eigenvalue weighted by molar-refractivity contribution is 0.0600. The Kier molecular flexibility index (Phi) is 8.34. The molecule has 0 saturated carbocycles. The Labute approximate surface area is 92.8 Å². The predicted octanol–water partition coefficient (Wildman–Crippen LogP) is 2.29. The van der Waals surface area contributed by atoms with Gasteiger partial charge in [0.25, 0.3) is 0 Å². The van der Waals surface area contributed by atoms with E-state index in [1.807, 2.05) is 6.92 Å². The minimum absolute atomic E-state index is 0.125. The predicted molar refractivity (Wildman–Crippen MR) is 61.6 cm³/mol. The first kappa shape index (κ1) is 16.7. The van der Waals surface area contributed by atoms with Crippen LogP contribution in [0, 0.1) is 5.92 Å². The summed E-state index contributed by atoms with van der Waals surface area (Å²) in [7, 11) is 0. The molecule has 0 aliphatic heterocycles. The van der Waals surface area contributed by atoms with Gasteiger partial charge in [-0.25, -0.2) is 4.79 Å². The number of nitrogens with two attached hydrogens (primary N) is 1. The fourth-order valence-corrected chi connectivity index (χ4v) is 0.984. The molecule has 3 N–H and O–H groups in total. The van der Waals surface area contributed by atoms with Crippen LogP contribution in [0.1, 0.15) is 48.0 Å². The maximum Gasteiger partial charge on any atom is 0.405 e. The van der Waals surface area contributed by atoms with Crippen molar-refractivity contribution in [1.29, 1.82) is 0 Å². The molecular weight excluding hydrogens is 194 g/mol. The molecule has 4 heteroatoms. The molecule has 0 aliphatic carbocycles. The van der Waals surface area contributed by atoms with Crippen LogP contribution >= 0.6 is 0 Å². The van der Waals surface area contributed by atoms with E-state index in [1.54, 1.807) is 20.8 Å². The lowest BCUT2D eigenvalue weighted by Gasteiger charge is -2.16. The van der Waals surface area contributed by atoms with Crippen molar-refractivity contribution < 1.29 is 14.6 Å². The zero-order valence-corrected chi connectivity index (χ0v) is 10.7. The van der Waals surface area contributed by atoms with E-state index in [0.29, 0.717) is 5.92 Å². The smallest absolute Gasteiger partial charge is 0.405 e. The highest BCUT2D eigenvalue weighted by Gasteiger charge is 2.12. The van der Waals surface area contributed by atoms with Gasteiger partial charge in [-0.3, -0.25) is 0 Å². The third kappa shape index (κ3) is 24.6. The number of hydrogen-bond donors (Lipinski definition) is 2. The maximum atomic E-state index is 10.0. The summed E-state index contributed by atoms with van der Waals surface area (Å²) >= 11 is 0. The normalized spacial score (nSPS) is 12.8. The molecule has 0 heterocycles. The fraction of sp³-hybridized carbons (Fsp3) is 0.909. The number of carbonyl (C=O) groups is 1. The lowest BCUT2D eigenvalue weighted by atomic mass is 10.1. The van der Waals surface area contributed by atoms with Crippen LogP contribution in [0.25, 0.3) is 0 Å². The molecule has 0 aliphatic rings. The second-order valence-corrected chi connectivity index (χ2v) is 5.01. The van der Waals surface area contributed by atoms with Crippen LogP contribution in [-0.2, 0) is 4.74 Å². The molecule has 1 atom stereocenters. The third-order valence-corrected chi connectivity index (χ3v) is 1.22. The van der Waals surface area contributed by atoms with Crippen molar-refractivity contribution in [3.05, 3.63) is 0 Å². The highest BCUT2D eigenvalue weighted by Crippen LogP contribution is 2.04. The molecule has 0 aromatic carbocycles. The number of primary amides is 1. The van der Waals surface area contributed by atoms with Crippen LogP contribution in [0.2, 0.25) is 0 Å². The Hall–Kier alpha value is -0.770. The summed E-state index contributed by atoms with van der Waals surface area (Å²) < 4.78 is 4.58. The lowest BCUT2D eigenvalue weighted by Crippen LogP contribution is -2.27. The van der Waals surface area contributed by atoms with E-state index in [2.05, 4.69) is 18.6 Å². The number of carbonyl (C=O) groups excluding carboxylic acids is 1. The van der Waals surface area contributed by atoms with Crippen LogP contribution in [0.4, 0.5) is 4.79 Å². The van der Waals surface area contributed by atoms with Gasteiger partial charge in [-0.15, -0.1) is 0 Å². The minimum atomic E-state index is -0.725. The number of ether oxygens (including phenoxy) is 1. The minimum Gasteiger partial charge on any atom is -0.444 e. The summed E-state index contributed by atoms with van der Waals surface area (Å²) in [6.45, 7) is 11.3. The fourth-order valence-electron chi connectivity index (χ4n) is 0.984. The van der Waals surface area contributed by atoms with Gasteiger partial charge in [0, 0.05) is 0 Å². The molecule has 0 aromatic rings. The van der Waals surface area contributed by atoms with Gasteiger partial charge < -0.3 is 15.6 Å². The van der Waals surface area contributed by atoms with Crippen molar-refractivity contribution in [3.8, 4) is 0 Å². The summed E-state index contributed by atoms with van der Waals surface area (Å²) in [5, 5.41) is 8.72. The summed E-state index contributed by atoms with van der Waals surface area (Å²) in [5.74, 6) is 0.625. The number of rotatable bonds is 2. The van der Waals surface area contributed by atoms with E-state index in [4.69, 9.17) is 10.8 Å². The molecule has 1 unspecified atom stereocenters. The Bertz CT molecular complexity index is 165. The van der Waals surface area contributed by atoms with Gasteiger partial charge in [0.2, 0.25) is 0 Å². The Balaban J connectivity index is 0. The van der Waals surface area contributed by atoms with Crippen molar-refractivity contribution in [3.63, 3.8) is 0 Å². The van der Waals surface area contributed by atoms with E-state index in [0.717, 1.165) is 6.42 Å². The van der Waals surface area contributed by atoms with Gasteiger partial charge in [0.1, 0.15) is 5.60 Å². The Morgan fingerprint density at radius 1 is 1.33 bits per heavy atom. The zero-order chi connectivity index (χ0) is 12.6. The molecule has 92 valence electrons. The van der Waals surface area contributed by atoms with Gasteiger partial charge in [0.15, 0.2) is 0 Å². The molecule has 0 saturated heterocycles. The zero-order valence-electron chi connectivity index (χ0n) is 10.7. The van der Waals surface area contributed by atoms with Crippen molar-refractivity contribution in [1.82, 2.24) is 0 Å². The standard InChI is InChI=1S/C6H14O.C5H11NO2/c1-5(2)4-6(3)7;1-5(2,3)8-4(6)7/h5-7H,4H2,1-3H3;1-3H3,(H2,6,7). The van der Waals surface area contributed by atoms with Crippen molar-refractivity contribution in [2.75, 3.05) is 0 Å². The van der Waals surface area contributed by atoms with E-state index in [1.165, 1.54) is 0 Å². The van der Waals surface area contributed by atoms with E-state index in [9.17, 15) is 4.79 Å². The number of amides is 1. The van der Waals surface area contributed by atoms with Gasteiger partial charge in [-0.05, 0) is 40.0 Å². The molecule has 0 bridgehead atoms. The average Bonchev–Trinajstić information content (AvgIpc) is 1.76. The second-order valence-electron chi connectivity index (χ2n) is 5.01. The van der Waals surface area contributed by atoms with Crippen LogP contribution < -0.4 is 5.73 Å². The highest BCUT2D eigenvalue weighted by atomic mass is 16.6. The van der Waals surface area contributed by atoms with E-state index < -0.39 is 11.7 Å². The molecular formula is C11H25NO3. The topological polar surface area (TPSA) is 72.5 Å². The third-order valence-electron chi connectivity index (χ3n) is 1.22. The SMILES string of the molecule is CC(C)(C)OC(N)=O.CC(C)CC(C)O. The molecule has 4 nitrogen and oxygen atoms in total. The second kappa shape index (κ2) is 7.51. The van der Waals surface area contributed by atoms with Gasteiger partial charge in [-0.1, -0.05) is 13.8 Å². The first-order chi connectivity index (χ1) is 6.54. The molecule has 15 heavy (non-hydrogen) atoms. The van der Waals surface area contributed by atoms with Crippen molar-refractivity contribution >= 4 is 6.09 Å². The summed E-state index contributed by atoms with van der Waals surface area (Å²) in [5.41, 5.74) is 4.26. The Morgan fingerprint density at radius 3 is 1.73 bits per heavy atom.